The summed E-state index contributed by atoms with van der Waals surface area (Å²) >= 11 is 0. The molecule has 0 heterocycles. The first kappa shape index (κ1) is 16.1. The molecule has 0 aliphatic carbocycles. The third kappa shape index (κ3) is 3.34. The molecule has 1 aromatic carbocycles. The van der Waals surface area contributed by atoms with E-state index in [2.05, 4.69) is 20.8 Å². The number of rotatable bonds is 5. The highest BCUT2D eigenvalue weighted by atomic mass is 16.3. The van der Waals surface area contributed by atoms with Crippen LogP contribution in [-0.4, -0.2) is 40.2 Å². The summed E-state index contributed by atoms with van der Waals surface area (Å²) in [6.45, 7) is 4.83. The Labute approximate surface area is 114 Å². The lowest BCUT2D eigenvalue weighted by Crippen LogP contribution is -2.40. The molecule has 0 aliphatic rings. The molecule has 0 saturated carbocycles. The molecule has 4 N–H and O–H groups in total. The SMILES string of the molecule is CC(C)(C)c1ccc(C(O)C(CO)(CO)CO)cc1. The lowest BCUT2D eigenvalue weighted by molar-refractivity contribution is -0.0852. The standard InChI is InChI=1S/C15H24O4/c1-14(2,3)12-6-4-11(5-7-12)13(19)15(8-16,9-17)10-18/h4-7,13,16-19H,8-10H2,1-3H3. The molecule has 1 rings (SSSR count). The zero-order valence-electron chi connectivity index (χ0n) is 11.8. The second-order valence-electron chi connectivity index (χ2n) is 6.11. The largest absolute Gasteiger partial charge is 0.395 e. The molecule has 19 heavy (non-hydrogen) atoms. The summed E-state index contributed by atoms with van der Waals surface area (Å²) < 4.78 is 0. The monoisotopic (exact) mass is 268 g/mol. The molecule has 0 fully saturated rings. The zero-order valence-corrected chi connectivity index (χ0v) is 11.8. The van der Waals surface area contributed by atoms with Gasteiger partial charge < -0.3 is 20.4 Å². The van der Waals surface area contributed by atoms with Gasteiger partial charge >= 0.3 is 0 Å². The van der Waals surface area contributed by atoms with Crippen LogP contribution in [0.5, 0.6) is 0 Å². The van der Waals surface area contributed by atoms with Crippen LogP contribution in [0.25, 0.3) is 0 Å². The van der Waals surface area contributed by atoms with Gasteiger partial charge in [0.25, 0.3) is 0 Å². The summed E-state index contributed by atoms with van der Waals surface area (Å²) in [7, 11) is 0. The predicted octanol–water partition coefficient (Wildman–Crippen LogP) is 0.981. The molecule has 1 unspecified atom stereocenters. The molecule has 0 aromatic heterocycles. The maximum atomic E-state index is 10.2. The minimum absolute atomic E-state index is 0.0194. The second kappa shape index (κ2) is 6.01. The first-order valence-corrected chi connectivity index (χ1v) is 6.42. The predicted molar refractivity (Wildman–Crippen MR) is 73.8 cm³/mol. The molecule has 0 bridgehead atoms. The average Bonchev–Trinajstić information content (AvgIpc) is 2.40. The van der Waals surface area contributed by atoms with Gasteiger partial charge in [-0.05, 0) is 16.5 Å². The average molecular weight is 268 g/mol. The van der Waals surface area contributed by atoms with Gasteiger partial charge in [-0.3, -0.25) is 0 Å². The van der Waals surface area contributed by atoms with Crippen molar-refractivity contribution in [3.8, 4) is 0 Å². The molecule has 0 radical (unpaired) electrons. The summed E-state index contributed by atoms with van der Waals surface area (Å²) in [5.74, 6) is 0. The van der Waals surface area contributed by atoms with Crippen molar-refractivity contribution in [2.75, 3.05) is 19.8 Å². The Morgan fingerprint density at radius 1 is 0.895 bits per heavy atom. The van der Waals surface area contributed by atoms with Gasteiger partial charge in [-0.2, -0.15) is 0 Å². The number of aliphatic hydroxyl groups is 4. The third-order valence-electron chi connectivity index (χ3n) is 3.62. The number of aliphatic hydroxyl groups excluding tert-OH is 4. The van der Waals surface area contributed by atoms with E-state index in [1.165, 1.54) is 0 Å². The van der Waals surface area contributed by atoms with E-state index in [1.54, 1.807) is 12.1 Å². The van der Waals surface area contributed by atoms with Crippen LogP contribution in [0.1, 0.15) is 38.0 Å². The van der Waals surface area contributed by atoms with Crippen LogP contribution in [0.15, 0.2) is 24.3 Å². The molecular formula is C15H24O4. The van der Waals surface area contributed by atoms with E-state index in [0.717, 1.165) is 5.56 Å². The van der Waals surface area contributed by atoms with Crippen molar-refractivity contribution in [1.29, 1.82) is 0 Å². The Balaban J connectivity index is 3.04. The maximum Gasteiger partial charge on any atom is 0.0912 e. The van der Waals surface area contributed by atoms with Gasteiger partial charge in [0.2, 0.25) is 0 Å². The van der Waals surface area contributed by atoms with Crippen LogP contribution in [0.3, 0.4) is 0 Å². The quantitative estimate of drug-likeness (QED) is 0.642. The van der Waals surface area contributed by atoms with Crippen LogP contribution in [-0.2, 0) is 5.41 Å². The minimum atomic E-state index is -1.32. The Morgan fingerprint density at radius 3 is 1.63 bits per heavy atom. The second-order valence-corrected chi connectivity index (χ2v) is 6.11. The molecular weight excluding hydrogens is 244 g/mol. The first-order chi connectivity index (χ1) is 8.80. The number of hydrogen-bond donors (Lipinski definition) is 4. The molecule has 0 spiro atoms. The molecule has 4 nitrogen and oxygen atoms in total. The van der Waals surface area contributed by atoms with E-state index >= 15 is 0 Å². The Hall–Kier alpha value is -0.940. The summed E-state index contributed by atoms with van der Waals surface area (Å²) in [4.78, 5) is 0. The van der Waals surface area contributed by atoms with Gasteiger partial charge in [0.1, 0.15) is 0 Å². The van der Waals surface area contributed by atoms with Crippen molar-refractivity contribution < 1.29 is 20.4 Å². The van der Waals surface area contributed by atoms with E-state index in [0.29, 0.717) is 5.56 Å². The van der Waals surface area contributed by atoms with Crippen LogP contribution < -0.4 is 0 Å². The van der Waals surface area contributed by atoms with E-state index in [4.69, 9.17) is 0 Å². The lowest BCUT2D eigenvalue weighted by Gasteiger charge is -2.33. The molecule has 0 saturated heterocycles. The fraction of sp³-hybridized carbons (Fsp3) is 0.600. The fourth-order valence-corrected chi connectivity index (χ4v) is 1.93. The molecule has 0 amide bonds. The van der Waals surface area contributed by atoms with Crippen molar-refractivity contribution in [2.24, 2.45) is 5.41 Å². The van der Waals surface area contributed by atoms with Gasteiger partial charge in [-0.1, -0.05) is 45.0 Å². The van der Waals surface area contributed by atoms with E-state index in [9.17, 15) is 20.4 Å². The van der Waals surface area contributed by atoms with Crippen molar-refractivity contribution in [3.05, 3.63) is 35.4 Å². The summed E-state index contributed by atoms with van der Waals surface area (Å²) in [6.07, 6.45) is -1.11. The molecule has 0 aliphatic heterocycles. The molecule has 1 atom stereocenters. The highest BCUT2D eigenvalue weighted by molar-refractivity contribution is 5.29. The first-order valence-electron chi connectivity index (χ1n) is 6.42. The van der Waals surface area contributed by atoms with E-state index in [1.807, 2.05) is 12.1 Å². The van der Waals surface area contributed by atoms with Gasteiger partial charge in [0.05, 0.1) is 31.3 Å². The van der Waals surface area contributed by atoms with Crippen LogP contribution in [0.2, 0.25) is 0 Å². The van der Waals surface area contributed by atoms with Crippen molar-refractivity contribution in [1.82, 2.24) is 0 Å². The van der Waals surface area contributed by atoms with E-state index < -0.39 is 31.3 Å². The Kier molecular flexibility index (Phi) is 5.10. The molecule has 1 aromatic rings. The number of hydrogen-bond acceptors (Lipinski definition) is 4. The highest BCUT2D eigenvalue weighted by Crippen LogP contribution is 2.34. The van der Waals surface area contributed by atoms with Gasteiger partial charge in [0.15, 0.2) is 0 Å². The fourth-order valence-electron chi connectivity index (χ4n) is 1.93. The maximum absolute atomic E-state index is 10.2. The van der Waals surface area contributed by atoms with Crippen LogP contribution in [0, 0.1) is 5.41 Å². The van der Waals surface area contributed by atoms with Crippen molar-refractivity contribution in [2.45, 2.75) is 32.3 Å². The lowest BCUT2D eigenvalue weighted by atomic mass is 9.79. The topological polar surface area (TPSA) is 80.9 Å². The Morgan fingerprint density at radius 2 is 1.32 bits per heavy atom. The van der Waals surface area contributed by atoms with Gasteiger partial charge in [-0.15, -0.1) is 0 Å². The van der Waals surface area contributed by atoms with Gasteiger partial charge in [-0.25, -0.2) is 0 Å². The van der Waals surface area contributed by atoms with Gasteiger partial charge in [0, 0.05) is 0 Å². The minimum Gasteiger partial charge on any atom is -0.395 e. The van der Waals surface area contributed by atoms with Crippen LogP contribution >= 0.6 is 0 Å². The molecule has 108 valence electrons. The molecule has 4 heteroatoms. The van der Waals surface area contributed by atoms with Crippen molar-refractivity contribution >= 4 is 0 Å². The van der Waals surface area contributed by atoms with Crippen molar-refractivity contribution in [3.63, 3.8) is 0 Å². The third-order valence-corrected chi connectivity index (χ3v) is 3.62. The number of benzene rings is 1. The summed E-state index contributed by atoms with van der Waals surface area (Å²) in [5, 5.41) is 38.2. The van der Waals surface area contributed by atoms with Crippen LogP contribution in [0.4, 0.5) is 0 Å². The zero-order chi connectivity index (χ0) is 14.7. The summed E-state index contributed by atoms with van der Waals surface area (Å²) in [5.41, 5.74) is 0.408. The highest BCUT2D eigenvalue weighted by Gasteiger charge is 2.37. The smallest absolute Gasteiger partial charge is 0.0912 e. The van der Waals surface area contributed by atoms with E-state index in [-0.39, 0.29) is 5.41 Å². The summed E-state index contributed by atoms with van der Waals surface area (Å²) in [6, 6.07) is 7.35. The normalized spacial score (nSPS) is 14.5. The Bertz CT molecular complexity index is 379.